The van der Waals surface area contributed by atoms with E-state index in [1.165, 1.54) is 0 Å². The molecule has 0 aromatic rings. The molecule has 0 fully saturated rings. The van der Waals surface area contributed by atoms with Crippen molar-refractivity contribution in [3.05, 3.63) is 0 Å². The SMILES string of the molecule is O.O.[InH3].[La]. The van der Waals surface area contributed by atoms with Crippen molar-refractivity contribution >= 4 is 25.8 Å². The van der Waals surface area contributed by atoms with Gasteiger partial charge in [-0.1, -0.05) is 0 Å². The molecule has 1 radical (unpaired) electrons. The molecule has 0 atom stereocenters. The Kier molecular flexibility index (Phi) is 190. The smallest absolute Gasteiger partial charge is 0 e. The van der Waals surface area contributed by atoms with Gasteiger partial charge in [0.05, 0.1) is 0 Å². The Morgan fingerprint density at radius 2 is 0.750 bits per heavy atom. The third-order valence-electron chi connectivity index (χ3n) is 0. The maximum Gasteiger partial charge on any atom is 0 e. The summed E-state index contributed by atoms with van der Waals surface area (Å²) in [5.41, 5.74) is 0. The van der Waals surface area contributed by atoms with Crippen LogP contribution in [0.15, 0.2) is 0 Å². The van der Waals surface area contributed by atoms with Gasteiger partial charge in [0.25, 0.3) is 0 Å². The first-order chi connectivity index (χ1) is 0. The molecule has 0 spiro atoms. The molecule has 0 aliphatic carbocycles. The zero-order valence-electron chi connectivity index (χ0n) is 1.58. The number of hydrogen-bond donors (Lipinski definition) is 0. The summed E-state index contributed by atoms with van der Waals surface area (Å²) in [6.45, 7) is 0. The largest absolute Gasteiger partial charge is 0 e. The maximum absolute atomic E-state index is 0. The Hall–Kier alpha value is 1.98. The molecule has 0 saturated heterocycles. The van der Waals surface area contributed by atoms with Gasteiger partial charge in [0.2, 0.25) is 0 Å². The van der Waals surface area contributed by atoms with Crippen molar-refractivity contribution in [1.82, 2.24) is 0 Å². The molecule has 0 aliphatic heterocycles. The molecule has 4 heavy (non-hydrogen) atoms. The first-order valence-electron chi connectivity index (χ1n) is 0. The molecule has 4 heteroatoms. The van der Waals surface area contributed by atoms with Gasteiger partial charge in [-0.15, -0.1) is 0 Å². The van der Waals surface area contributed by atoms with Crippen molar-refractivity contribution in [1.29, 1.82) is 0 Å². The van der Waals surface area contributed by atoms with Crippen LogP contribution >= 0.6 is 0 Å². The van der Waals surface area contributed by atoms with Crippen molar-refractivity contribution in [2.75, 3.05) is 0 Å². The minimum Gasteiger partial charge on any atom is 0 e. The Labute approximate surface area is 71.3 Å². The van der Waals surface area contributed by atoms with E-state index in [2.05, 4.69) is 0 Å². The molecule has 25 valence electrons. The van der Waals surface area contributed by atoms with Gasteiger partial charge < -0.3 is 11.0 Å². The Morgan fingerprint density at radius 3 is 0.750 bits per heavy atom. The Morgan fingerprint density at radius 1 is 0.750 bits per heavy atom. The van der Waals surface area contributed by atoms with E-state index in [-0.39, 0.29) is 72.4 Å². The van der Waals surface area contributed by atoms with Crippen LogP contribution in [0.4, 0.5) is 0 Å². The fourth-order valence-corrected chi connectivity index (χ4v) is 0. The molecule has 0 unspecified atom stereocenters. The van der Waals surface area contributed by atoms with E-state index in [4.69, 9.17) is 0 Å². The van der Waals surface area contributed by atoms with Crippen LogP contribution in [0, 0.1) is 35.6 Å². The Balaban J connectivity index is 0. The van der Waals surface area contributed by atoms with Gasteiger partial charge in [0, 0.05) is 35.6 Å². The van der Waals surface area contributed by atoms with Crippen molar-refractivity contribution < 1.29 is 46.6 Å². The number of rotatable bonds is 0. The molecule has 0 rings (SSSR count). The van der Waals surface area contributed by atoms with Crippen LogP contribution in [0.2, 0.25) is 0 Å². The number of hydrogen-bond acceptors (Lipinski definition) is 0. The molecule has 4 N–H and O–H groups in total. The summed E-state index contributed by atoms with van der Waals surface area (Å²) in [7, 11) is 0. The second-order valence-corrected chi connectivity index (χ2v) is 0. The molecular formula is H7InLaO2. The zero-order chi connectivity index (χ0) is 0. The second-order valence-electron chi connectivity index (χ2n) is 0. The van der Waals surface area contributed by atoms with Crippen LogP contribution in [0.1, 0.15) is 0 Å². The summed E-state index contributed by atoms with van der Waals surface area (Å²) in [6, 6.07) is 0. The Bertz CT molecular complexity index is 6.00. The summed E-state index contributed by atoms with van der Waals surface area (Å²) in [4.78, 5) is 0. The van der Waals surface area contributed by atoms with Gasteiger partial charge in [0.1, 0.15) is 0 Å². The van der Waals surface area contributed by atoms with Crippen LogP contribution in [-0.2, 0) is 0 Å². The van der Waals surface area contributed by atoms with Gasteiger partial charge in [-0.3, -0.25) is 0 Å². The molecular weight excluding hydrogens is 286 g/mol. The molecule has 0 saturated carbocycles. The van der Waals surface area contributed by atoms with Crippen LogP contribution in [0.5, 0.6) is 0 Å². The first-order valence-corrected chi connectivity index (χ1v) is 0. The van der Waals surface area contributed by atoms with Crippen LogP contribution in [-0.4, -0.2) is 36.8 Å². The van der Waals surface area contributed by atoms with Crippen molar-refractivity contribution in [2.45, 2.75) is 0 Å². The molecule has 0 aromatic heterocycles. The van der Waals surface area contributed by atoms with Crippen molar-refractivity contribution in [3.63, 3.8) is 0 Å². The van der Waals surface area contributed by atoms with Crippen LogP contribution in [0.25, 0.3) is 0 Å². The topological polar surface area (TPSA) is 63.0 Å². The van der Waals surface area contributed by atoms with Gasteiger partial charge >= 0.3 is 25.8 Å². The molecule has 0 aliphatic rings. The summed E-state index contributed by atoms with van der Waals surface area (Å²) < 4.78 is 0. The van der Waals surface area contributed by atoms with Crippen molar-refractivity contribution in [3.8, 4) is 0 Å². The average molecular weight is 293 g/mol. The van der Waals surface area contributed by atoms with Crippen LogP contribution in [0.3, 0.4) is 0 Å². The summed E-state index contributed by atoms with van der Waals surface area (Å²) in [6.07, 6.45) is 0. The summed E-state index contributed by atoms with van der Waals surface area (Å²) in [5.74, 6) is 0. The predicted octanol–water partition coefficient (Wildman–Crippen LogP) is -2.83. The van der Waals surface area contributed by atoms with E-state index >= 15 is 0 Å². The fourth-order valence-electron chi connectivity index (χ4n) is 0. The summed E-state index contributed by atoms with van der Waals surface area (Å²) in [5, 5.41) is 0. The standard InChI is InChI=1S/In.La.2H2O.3H/h;;2*1H2;;;. The normalized spacial score (nSPS) is 0. The molecule has 0 heterocycles. The van der Waals surface area contributed by atoms with Crippen molar-refractivity contribution in [2.24, 2.45) is 0 Å². The molecule has 0 bridgehead atoms. The zero-order valence-corrected chi connectivity index (χ0v) is 5.20. The second kappa shape index (κ2) is 20.1. The van der Waals surface area contributed by atoms with Gasteiger partial charge in [0.15, 0.2) is 0 Å². The first kappa shape index (κ1) is 37.7. The van der Waals surface area contributed by atoms with E-state index < -0.39 is 0 Å². The van der Waals surface area contributed by atoms with Gasteiger partial charge in [-0.05, 0) is 0 Å². The maximum atomic E-state index is 0. The predicted molar refractivity (Wildman–Crippen MR) is 17.2 cm³/mol. The third-order valence-corrected chi connectivity index (χ3v) is 0. The van der Waals surface area contributed by atoms with Gasteiger partial charge in [-0.2, -0.15) is 0 Å². The average Bonchev–Trinajstić information content (AvgIpc) is 0. The van der Waals surface area contributed by atoms with E-state index in [9.17, 15) is 0 Å². The van der Waals surface area contributed by atoms with E-state index in [1.807, 2.05) is 0 Å². The minimum absolute atomic E-state index is 0. The third kappa shape index (κ3) is 9.01. The monoisotopic (exact) mass is 293 g/mol. The quantitative estimate of drug-likeness (QED) is 0.462. The molecule has 0 amide bonds. The van der Waals surface area contributed by atoms with Gasteiger partial charge in [-0.25, -0.2) is 0 Å². The van der Waals surface area contributed by atoms with E-state index in [1.54, 1.807) is 0 Å². The van der Waals surface area contributed by atoms with Crippen LogP contribution < -0.4 is 0 Å². The van der Waals surface area contributed by atoms with E-state index in [0.717, 1.165) is 0 Å². The van der Waals surface area contributed by atoms with E-state index in [0.29, 0.717) is 0 Å². The molecule has 0 aromatic carbocycles. The fraction of sp³-hybridized carbons (Fsp3) is 0. The minimum atomic E-state index is 0. The summed E-state index contributed by atoms with van der Waals surface area (Å²) >= 11 is 0. The molecule has 2 nitrogen and oxygen atoms in total.